The number of phenolic OH excluding ortho intramolecular Hbond substituents is 1. The van der Waals surface area contributed by atoms with E-state index in [1.54, 1.807) is 0 Å². The molecule has 14 N–H and O–H groups in total. The number of anilines is 1. The van der Waals surface area contributed by atoms with Crippen molar-refractivity contribution in [1.29, 1.82) is 0 Å². The summed E-state index contributed by atoms with van der Waals surface area (Å²) >= 11 is 1.52. The van der Waals surface area contributed by atoms with Crippen LogP contribution in [0.4, 0.5) is 5.95 Å². The Hall–Kier alpha value is -7.68. The number of piperidine rings is 1. The number of nitrogens with one attached hydrogen (secondary N) is 6. The van der Waals surface area contributed by atoms with Crippen LogP contribution < -0.4 is 41.0 Å². The number of amides is 7. The van der Waals surface area contributed by atoms with Crippen molar-refractivity contribution in [3.8, 4) is 33.2 Å². The molecule has 2 aliphatic carbocycles. The zero-order chi connectivity index (χ0) is 74.1. The predicted molar refractivity (Wildman–Crippen MR) is 374 cm³/mol. The number of piperazine rings is 1. The minimum Gasteiger partial charge on any atom is -0.504 e. The molecule has 7 amide bonds. The molecule has 568 valence electrons. The number of hydrogen-bond donors (Lipinski definition) is 14. The van der Waals surface area contributed by atoms with E-state index in [2.05, 4.69) is 51.2 Å². The second-order valence-corrected chi connectivity index (χ2v) is 30.7. The third-order valence-electron chi connectivity index (χ3n) is 21.0. The second kappa shape index (κ2) is 34.7. The average Bonchev–Trinajstić information content (AvgIpc) is 1.65. The topological polar surface area (TPSA) is 471 Å². The highest BCUT2D eigenvalue weighted by atomic mass is 32.3. The van der Waals surface area contributed by atoms with Crippen LogP contribution in [0.1, 0.15) is 120 Å². The van der Waals surface area contributed by atoms with Crippen LogP contribution >= 0.6 is 11.3 Å². The van der Waals surface area contributed by atoms with Crippen molar-refractivity contribution in [3.63, 3.8) is 0 Å². The van der Waals surface area contributed by atoms with Gasteiger partial charge in [-0.1, -0.05) is 67.9 Å². The van der Waals surface area contributed by atoms with Gasteiger partial charge in [0, 0.05) is 107 Å². The first-order valence-electron chi connectivity index (χ1n) is 36.0. The van der Waals surface area contributed by atoms with E-state index in [4.69, 9.17) is 14.7 Å². The molecule has 7 fully saturated rings. The highest BCUT2D eigenvalue weighted by Crippen LogP contribution is 2.40. The summed E-state index contributed by atoms with van der Waals surface area (Å²) in [4.78, 5) is 117. The minimum atomic E-state index is -5.23. The summed E-state index contributed by atoms with van der Waals surface area (Å²) in [5.41, 5.74) is 2.66. The number of phenols is 1. The van der Waals surface area contributed by atoms with E-state index < -0.39 is 181 Å². The number of aliphatic hydroxyl groups is 6. The van der Waals surface area contributed by atoms with E-state index in [1.807, 2.05) is 36.7 Å². The predicted octanol–water partition coefficient (Wildman–Crippen LogP) is -1.23. The van der Waals surface area contributed by atoms with E-state index >= 15 is 4.79 Å². The Morgan fingerprint density at radius 1 is 0.712 bits per heavy atom. The van der Waals surface area contributed by atoms with Gasteiger partial charge in [-0.25, -0.2) is 9.97 Å². The van der Waals surface area contributed by atoms with Crippen molar-refractivity contribution in [2.24, 2.45) is 11.8 Å². The lowest BCUT2D eigenvalue weighted by atomic mass is 9.82. The summed E-state index contributed by atoms with van der Waals surface area (Å²) in [6.07, 6.45) is 2.31. The molecule has 4 aromatic rings. The van der Waals surface area contributed by atoms with Gasteiger partial charge in [0.15, 0.2) is 11.5 Å². The number of ether oxygens (including phenoxy) is 1. The molecule has 33 nitrogen and oxygen atoms in total. The van der Waals surface area contributed by atoms with Crippen LogP contribution in [0.5, 0.6) is 11.5 Å². The van der Waals surface area contributed by atoms with E-state index in [9.17, 15) is 77.5 Å². The molecule has 2 aromatic carbocycles. The van der Waals surface area contributed by atoms with Crippen LogP contribution in [-0.4, -0.2) is 275 Å². The first kappa shape index (κ1) is 77.4. The van der Waals surface area contributed by atoms with Gasteiger partial charge in [-0.15, -0.1) is 10.2 Å². The van der Waals surface area contributed by atoms with Crippen molar-refractivity contribution >= 4 is 69.0 Å². The van der Waals surface area contributed by atoms with Gasteiger partial charge < -0.3 is 96.2 Å². The highest BCUT2D eigenvalue weighted by molar-refractivity contribution is 7.81. The lowest BCUT2D eigenvalue weighted by Gasteiger charge is -2.34. The number of hydrogen-bond acceptors (Lipinski definition) is 26. The van der Waals surface area contributed by atoms with Crippen LogP contribution in [0.15, 0.2) is 54.9 Å². The summed E-state index contributed by atoms with van der Waals surface area (Å²) in [5.74, 6) is -9.15. The molecule has 11 rings (SSSR count). The lowest BCUT2D eigenvalue weighted by molar-refractivity contribution is -0.148. The molecule has 2 aromatic heterocycles. The Kier molecular flexibility index (Phi) is 25.8. The molecule has 5 saturated heterocycles. The van der Waals surface area contributed by atoms with Gasteiger partial charge in [0.1, 0.15) is 40.2 Å². The zero-order valence-corrected chi connectivity index (χ0v) is 59.8. The van der Waals surface area contributed by atoms with Crippen LogP contribution in [0, 0.1) is 11.8 Å². The van der Waals surface area contributed by atoms with Gasteiger partial charge >= 0.3 is 10.4 Å². The maximum absolute atomic E-state index is 15.1. The number of aliphatic hydroxyl groups excluding tert-OH is 6. The number of aromatic nitrogens is 4. The molecular weight excluding hydrogens is 1390 g/mol. The molecular formula is C69H96N14O19S2. The number of rotatable bonds is 18. The fourth-order valence-electron chi connectivity index (χ4n) is 15.1. The van der Waals surface area contributed by atoms with Crippen LogP contribution in [0.2, 0.25) is 0 Å². The number of fused-ring (bicyclic) bond motifs is 2. The molecule has 7 heterocycles. The zero-order valence-electron chi connectivity index (χ0n) is 58.2. The minimum absolute atomic E-state index is 0.0189. The first-order chi connectivity index (χ1) is 49.7. The molecule has 35 heteroatoms. The first-order valence-corrected chi connectivity index (χ1v) is 38.2. The largest absolute Gasteiger partial charge is 0.504 e. The van der Waals surface area contributed by atoms with Gasteiger partial charge in [0.2, 0.25) is 47.3 Å². The summed E-state index contributed by atoms with van der Waals surface area (Å²) in [5, 5.41) is 107. The molecule has 5 aliphatic heterocycles. The maximum Gasteiger partial charge on any atom is 0.446 e. The summed E-state index contributed by atoms with van der Waals surface area (Å²) in [6, 6.07) is -0.0642. The molecule has 104 heavy (non-hydrogen) atoms. The van der Waals surface area contributed by atoms with E-state index in [1.165, 1.54) is 49.3 Å². The number of benzene rings is 2. The maximum atomic E-state index is 15.1. The van der Waals surface area contributed by atoms with Crippen molar-refractivity contribution in [3.05, 3.63) is 65.4 Å². The monoisotopic (exact) mass is 1490 g/mol. The smallest absolute Gasteiger partial charge is 0.446 e. The van der Waals surface area contributed by atoms with Gasteiger partial charge in [-0.3, -0.25) is 38.1 Å². The van der Waals surface area contributed by atoms with Crippen LogP contribution in [-0.2, 0) is 55.1 Å². The third kappa shape index (κ3) is 19.5. The lowest BCUT2D eigenvalue weighted by Crippen LogP contribution is -2.64. The molecule has 0 spiro atoms. The van der Waals surface area contributed by atoms with Gasteiger partial charge in [0.25, 0.3) is 0 Å². The Bertz CT molecular complexity index is 3760. The Labute approximate surface area is 606 Å². The van der Waals surface area contributed by atoms with Gasteiger partial charge in [-0.2, -0.15) is 8.42 Å². The normalized spacial score (nSPS) is 28.8. The fraction of sp³-hybridized carbons (Fsp3) is 0.638. The average molecular weight is 1490 g/mol. The van der Waals surface area contributed by atoms with Gasteiger partial charge in [0.05, 0.1) is 61.3 Å². The summed E-state index contributed by atoms with van der Waals surface area (Å²) in [6.45, 7) is 4.34. The Balaban J connectivity index is 0.785. The highest BCUT2D eigenvalue weighted by Gasteiger charge is 2.50. The molecule has 7 aliphatic rings. The van der Waals surface area contributed by atoms with Crippen molar-refractivity contribution in [2.45, 2.75) is 201 Å². The molecule has 0 bridgehead atoms. The molecule has 2 saturated carbocycles. The standard InChI is InChI=1S/C69H96N14O19S2/c1-37-35-83-59(60(37)91)64(95)72-34-45(85)28-49(71-31-39-8-11-42(12-9-39)65-78-79-66(103-65)43-15-13-41(14-16-43)44-32-73-69(74-33-44)81-22-18-48(19-23-81)101-47-6-4-3-5-7-47)61(92)75-56(38(2)84)67(96)82-36-46(86)29-50(82)62(93)76-57(52(88)26-40-10-17-51(87)54(27-40)102-104(98,99)100)63(94)77-58(68(83)97)53(89)30-55(90)80-24-20-70-21-25-80/h10,13-17,27,32-33,37-39,42,45-50,52-53,56-60,70-71,84-89,91H,3-9,11-12,18-26,28-31,34-36H2,1-2H3,(H,72,95)(H,75,92)(H,76,93)(H,77,94)(H,98,99,100)/t37-,38+,39-,42-,45+,46+,49-,50-,52+,53+,56-,57-,58-,59-,60-/m0/s1. The van der Waals surface area contributed by atoms with Crippen LogP contribution in [0.25, 0.3) is 21.7 Å². The van der Waals surface area contributed by atoms with Crippen molar-refractivity contribution in [1.82, 2.24) is 66.8 Å². The summed E-state index contributed by atoms with van der Waals surface area (Å²) < 4.78 is 43.7. The fourth-order valence-corrected chi connectivity index (χ4v) is 16.5. The molecule has 0 unspecified atom stereocenters. The van der Waals surface area contributed by atoms with E-state index in [0.717, 1.165) is 106 Å². The number of β-amino-alcohol motifs (C(OH)–C–C–N with tert-alkyl or cyclic N) is 1. The van der Waals surface area contributed by atoms with Crippen molar-refractivity contribution < 1.29 is 91.2 Å². The van der Waals surface area contributed by atoms with E-state index in [-0.39, 0.29) is 49.7 Å². The Morgan fingerprint density at radius 3 is 2.05 bits per heavy atom. The number of aromatic hydroxyl groups is 1. The van der Waals surface area contributed by atoms with Gasteiger partial charge in [-0.05, 0) is 100 Å². The van der Waals surface area contributed by atoms with Crippen LogP contribution in [0.3, 0.4) is 0 Å². The van der Waals surface area contributed by atoms with E-state index in [0.29, 0.717) is 38.0 Å². The molecule has 0 radical (unpaired) electrons. The summed E-state index contributed by atoms with van der Waals surface area (Å²) in [7, 11) is -5.23. The van der Waals surface area contributed by atoms with Crippen molar-refractivity contribution in [2.75, 3.05) is 70.3 Å². The number of carbonyl (C=O) groups is 7. The molecule has 13 atom stereocenters. The third-order valence-corrected chi connectivity index (χ3v) is 22.5. The SMILES string of the molecule is C[C@@H](O)[C@@H]1NC(=O)[C@@H](NC[C@H]2CC[C@H](c3nnc(-c4ccc(-c5cnc(N6CCC(OC7CCCCC7)CC6)nc5)cc4)s3)CC2)C[C@@H](O)CNC(=O)[C@@H]2[C@@H](O)[C@@H](C)CN2C(=O)[C@H]([C@H](O)CC(=O)N2CCNCC2)NC(=O)[C@H]([C@H](O)Cc2ccc(O)c(OS(=O)(=O)O)c2)NC(=O)[C@@H]2C[C@@H](O)CN2C1=O. The Morgan fingerprint density at radius 2 is 1.37 bits per heavy atom. The second-order valence-electron chi connectivity index (χ2n) is 28.7. The quantitative estimate of drug-likeness (QED) is 0.0519. The number of carbonyl (C=O) groups excluding carboxylic acids is 7. The number of nitrogens with zero attached hydrogens (tertiary/aromatic N) is 8.